The number of hydrogen-bond acceptors (Lipinski definition) is 2. The van der Waals surface area contributed by atoms with Crippen molar-refractivity contribution in [3.05, 3.63) is 0 Å². The number of fused-ring (bicyclic) bond motifs is 1. The highest BCUT2D eigenvalue weighted by Gasteiger charge is 2.50. The van der Waals surface area contributed by atoms with Crippen LogP contribution in [-0.4, -0.2) is 31.1 Å². The number of hydrogen-bond donors (Lipinski definition) is 1. The van der Waals surface area contributed by atoms with E-state index in [2.05, 4.69) is 11.9 Å². The molecule has 2 nitrogen and oxygen atoms in total. The second-order valence-electron chi connectivity index (χ2n) is 3.40. The monoisotopic (exact) mass is 126 g/mol. The molecule has 2 N–H and O–H groups in total. The van der Waals surface area contributed by atoms with Gasteiger partial charge in [0.2, 0.25) is 0 Å². The molecule has 1 heterocycles. The zero-order chi connectivity index (χ0) is 6.43. The minimum atomic E-state index is 0.718. The molecular weight excluding hydrogens is 112 g/mol. The average molecular weight is 126 g/mol. The van der Waals surface area contributed by atoms with Gasteiger partial charge in [-0.15, -0.1) is 0 Å². The van der Waals surface area contributed by atoms with Crippen LogP contribution in [0.4, 0.5) is 0 Å². The van der Waals surface area contributed by atoms with E-state index in [1.54, 1.807) is 0 Å². The molecule has 3 atom stereocenters. The van der Waals surface area contributed by atoms with Crippen molar-refractivity contribution in [2.24, 2.45) is 17.6 Å². The molecule has 0 bridgehead atoms. The number of piperidine rings is 1. The molecule has 1 aliphatic carbocycles. The fraction of sp³-hybridized carbons (Fsp3) is 1.00. The Kier molecular flexibility index (Phi) is 1.08. The Morgan fingerprint density at radius 1 is 1.67 bits per heavy atom. The summed E-state index contributed by atoms with van der Waals surface area (Å²) in [6.45, 7) is 2.16. The lowest BCUT2D eigenvalue weighted by Crippen LogP contribution is -2.35. The van der Waals surface area contributed by atoms with Crippen molar-refractivity contribution < 1.29 is 0 Å². The zero-order valence-electron chi connectivity index (χ0n) is 5.88. The van der Waals surface area contributed by atoms with Crippen molar-refractivity contribution in [2.45, 2.75) is 12.5 Å². The molecular formula is C7H14N2. The summed E-state index contributed by atoms with van der Waals surface area (Å²) in [4.78, 5) is 2.40. The molecule has 0 aromatic heterocycles. The van der Waals surface area contributed by atoms with Gasteiger partial charge in [-0.25, -0.2) is 0 Å². The van der Waals surface area contributed by atoms with Gasteiger partial charge in [0.25, 0.3) is 0 Å². The third kappa shape index (κ3) is 0.700. The lowest BCUT2D eigenvalue weighted by Gasteiger charge is -2.20. The van der Waals surface area contributed by atoms with Crippen LogP contribution in [0.15, 0.2) is 0 Å². The number of likely N-dealkylation sites (N-methyl/N-ethyl adjacent to an activating group) is 1. The van der Waals surface area contributed by atoms with Gasteiger partial charge in [0, 0.05) is 19.1 Å². The first-order chi connectivity index (χ1) is 4.33. The summed E-state index contributed by atoms with van der Waals surface area (Å²) >= 11 is 0. The van der Waals surface area contributed by atoms with E-state index in [-0.39, 0.29) is 0 Å². The van der Waals surface area contributed by atoms with E-state index in [1.165, 1.54) is 13.0 Å². The topological polar surface area (TPSA) is 29.3 Å². The fourth-order valence-electron chi connectivity index (χ4n) is 2.14. The van der Waals surface area contributed by atoms with Gasteiger partial charge >= 0.3 is 0 Å². The number of nitrogens with zero attached hydrogens (tertiary/aromatic N) is 1. The summed E-state index contributed by atoms with van der Waals surface area (Å²) in [5, 5.41) is 0. The van der Waals surface area contributed by atoms with Crippen LogP contribution in [0.1, 0.15) is 6.42 Å². The van der Waals surface area contributed by atoms with E-state index in [1.807, 2.05) is 0 Å². The van der Waals surface area contributed by atoms with Gasteiger partial charge in [-0.1, -0.05) is 0 Å². The van der Waals surface area contributed by atoms with Crippen molar-refractivity contribution in [1.82, 2.24) is 4.90 Å². The number of nitrogens with two attached hydrogens (primary N) is 1. The molecule has 2 rings (SSSR count). The highest BCUT2D eigenvalue weighted by atomic mass is 15.2. The summed E-state index contributed by atoms with van der Waals surface area (Å²) < 4.78 is 0. The van der Waals surface area contributed by atoms with Gasteiger partial charge in [-0.05, 0) is 25.3 Å². The van der Waals surface area contributed by atoms with Gasteiger partial charge in [-0.3, -0.25) is 0 Å². The minimum absolute atomic E-state index is 0.718. The number of rotatable bonds is 1. The molecule has 0 amide bonds. The Hall–Kier alpha value is -0.0800. The Morgan fingerprint density at radius 2 is 2.44 bits per heavy atom. The predicted molar refractivity (Wildman–Crippen MR) is 37.1 cm³/mol. The summed E-state index contributed by atoms with van der Waals surface area (Å²) in [6, 6.07) is 0.718. The van der Waals surface area contributed by atoms with Crippen molar-refractivity contribution in [3.63, 3.8) is 0 Å². The van der Waals surface area contributed by atoms with Crippen molar-refractivity contribution >= 4 is 0 Å². The van der Waals surface area contributed by atoms with Gasteiger partial charge in [0.05, 0.1) is 0 Å². The van der Waals surface area contributed by atoms with Crippen LogP contribution in [-0.2, 0) is 0 Å². The standard InChI is InChI=1S/C7H14N2/c1-9-4-5-2-6(5)7(9)3-8/h5-7H,2-4,8H2,1H3/t5-,6?,7+/m0/s1. The molecule has 1 saturated heterocycles. The molecule has 0 spiro atoms. The lowest BCUT2D eigenvalue weighted by molar-refractivity contribution is 0.275. The maximum absolute atomic E-state index is 5.60. The molecule has 2 heteroatoms. The van der Waals surface area contributed by atoms with E-state index in [0.717, 1.165) is 24.4 Å². The summed E-state index contributed by atoms with van der Waals surface area (Å²) in [7, 11) is 2.18. The van der Waals surface area contributed by atoms with E-state index >= 15 is 0 Å². The Bertz CT molecular complexity index is 122. The lowest BCUT2D eigenvalue weighted by atomic mass is 10.2. The van der Waals surface area contributed by atoms with E-state index in [4.69, 9.17) is 5.73 Å². The molecule has 1 unspecified atom stereocenters. The maximum atomic E-state index is 5.60. The first-order valence-corrected chi connectivity index (χ1v) is 3.73. The largest absolute Gasteiger partial charge is 0.329 e. The normalized spacial score (nSPS) is 49.3. The minimum Gasteiger partial charge on any atom is -0.329 e. The molecule has 1 saturated carbocycles. The molecule has 0 aromatic carbocycles. The third-order valence-electron chi connectivity index (χ3n) is 2.80. The van der Waals surface area contributed by atoms with Gasteiger partial charge < -0.3 is 10.6 Å². The smallest absolute Gasteiger partial charge is 0.0246 e. The Labute approximate surface area is 56.0 Å². The van der Waals surface area contributed by atoms with Crippen LogP contribution in [0.25, 0.3) is 0 Å². The Morgan fingerprint density at radius 3 is 2.78 bits per heavy atom. The van der Waals surface area contributed by atoms with Crippen LogP contribution in [0.3, 0.4) is 0 Å². The molecule has 2 aliphatic rings. The van der Waals surface area contributed by atoms with Crippen molar-refractivity contribution in [3.8, 4) is 0 Å². The molecule has 0 aromatic rings. The van der Waals surface area contributed by atoms with Gasteiger partial charge in [-0.2, -0.15) is 0 Å². The second-order valence-corrected chi connectivity index (χ2v) is 3.40. The maximum Gasteiger partial charge on any atom is 0.0246 e. The fourth-order valence-corrected chi connectivity index (χ4v) is 2.14. The average Bonchev–Trinajstić information content (AvgIpc) is 2.45. The molecule has 0 radical (unpaired) electrons. The molecule has 9 heavy (non-hydrogen) atoms. The summed E-state index contributed by atoms with van der Waals surface area (Å²) in [6.07, 6.45) is 1.45. The first kappa shape index (κ1) is 5.69. The number of likely N-dealkylation sites (tertiary alicyclic amines) is 1. The van der Waals surface area contributed by atoms with E-state index < -0.39 is 0 Å². The molecule has 1 aliphatic heterocycles. The zero-order valence-corrected chi connectivity index (χ0v) is 5.88. The van der Waals surface area contributed by atoms with Crippen molar-refractivity contribution in [1.29, 1.82) is 0 Å². The SMILES string of the molecule is CN1C[C@@H]2CC2[C@H]1CN. The van der Waals surface area contributed by atoms with Crippen LogP contribution in [0.5, 0.6) is 0 Å². The van der Waals surface area contributed by atoms with Gasteiger partial charge in [0.1, 0.15) is 0 Å². The van der Waals surface area contributed by atoms with E-state index in [0.29, 0.717) is 0 Å². The Balaban J connectivity index is 2.02. The van der Waals surface area contributed by atoms with Crippen LogP contribution in [0.2, 0.25) is 0 Å². The highest BCUT2D eigenvalue weighted by molar-refractivity contribution is 5.03. The van der Waals surface area contributed by atoms with E-state index in [9.17, 15) is 0 Å². The van der Waals surface area contributed by atoms with Crippen LogP contribution in [0, 0.1) is 11.8 Å². The van der Waals surface area contributed by atoms with Crippen LogP contribution < -0.4 is 5.73 Å². The third-order valence-corrected chi connectivity index (χ3v) is 2.80. The van der Waals surface area contributed by atoms with Crippen LogP contribution >= 0.6 is 0 Å². The molecule has 2 fully saturated rings. The summed E-state index contributed by atoms with van der Waals surface area (Å²) in [5.41, 5.74) is 5.60. The first-order valence-electron chi connectivity index (χ1n) is 3.73. The van der Waals surface area contributed by atoms with Gasteiger partial charge in [0.15, 0.2) is 0 Å². The predicted octanol–water partition coefficient (Wildman–Crippen LogP) is -0.105. The summed E-state index contributed by atoms with van der Waals surface area (Å²) in [5.74, 6) is 1.99. The van der Waals surface area contributed by atoms with Crippen molar-refractivity contribution in [2.75, 3.05) is 20.1 Å². The molecule has 52 valence electrons. The quantitative estimate of drug-likeness (QED) is 0.531. The highest BCUT2D eigenvalue weighted by Crippen LogP contribution is 2.48. The second kappa shape index (κ2) is 1.70.